The van der Waals surface area contributed by atoms with Crippen LogP contribution in [0, 0.1) is 5.92 Å². The van der Waals surface area contributed by atoms with Gasteiger partial charge in [-0.2, -0.15) is 0 Å². The van der Waals surface area contributed by atoms with Crippen molar-refractivity contribution in [3.63, 3.8) is 0 Å². The smallest absolute Gasteiger partial charge is 0.234 e. The number of nitrogens with zero attached hydrogens (tertiary/aromatic N) is 1. The molecule has 0 aliphatic carbocycles. The van der Waals surface area contributed by atoms with Crippen molar-refractivity contribution in [1.29, 1.82) is 0 Å². The number of amides is 1. The first-order chi connectivity index (χ1) is 8.54. The van der Waals surface area contributed by atoms with Gasteiger partial charge in [0.05, 0.1) is 12.6 Å². The quantitative estimate of drug-likeness (QED) is 0.788. The van der Waals surface area contributed by atoms with Crippen LogP contribution < -0.4 is 11.1 Å². The number of nitrogens with two attached hydrogens (primary N) is 1. The standard InChI is InChI=1S/C13H23N3OS/c1-10(2)13(11-5-4-8-18-11)15-12(17)9-16(3)7-6-14/h4-5,8,10,13H,6-7,9,14H2,1-3H3,(H,15,17). The van der Waals surface area contributed by atoms with Crippen LogP contribution in [0.3, 0.4) is 0 Å². The minimum Gasteiger partial charge on any atom is -0.347 e. The Hall–Kier alpha value is -0.910. The molecule has 0 bridgehead atoms. The molecule has 1 aromatic rings. The maximum atomic E-state index is 11.9. The fraction of sp³-hybridized carbons (Fsp3) is 0.615. The molecule has 1 unspecified atom stereocenters. The van der Waals surface area contributed by atoms with E-state index in [9.17, 15) is 4.79 Å². The first-order valence-electron chi connectivity index (χ1n) is 6.26. The average molecular weight is 269 g/mol. The van der Waals surface area contributed by atoms with Gasteiger partial charge >= 0.3 is 0 Å². The summed E-state index contributed by atoms with van der Waals surface area (Å²) in [4.78, 5) is 15.1. The number of likely N-dealkylation sites (N-methyl/N-ethyl adjacent to an activating group) is 1. The van der Waals surface area contributed by atoms with Crippen molar-refractivity contribution < 1.29 is 4.79 Å². The van der Waals surface area contributed by atoms with Gasteiger partial charge in [-0.25, -0.2) is 0 Å². The summed E-state index contributed by atoms with van der Waals surface area (Å²) in [7, 11) is 1.90. The van der Waals surface area contributed by atoms with Gasteiger partial charge in [0, 0.05) is 18.0 Å². The zero-order valence-corrected chi connectivity index (χ0v) is 12.2. The molecule has 0 aromatic carbocycles. The van der Waals surface area contributed by atoms with E-state index in [1.165, 1.54) is 4.88 Å². The molecule has 102 valence electrons. The van der Waals surface area contributed by atoms with Gasteiger partial charge in [0.25, 0.3) is 0 Å². The molecule has 0 aliphatic rings. The van der Waals surface area contributed by atoms with Crippen molar-refractivity contribution in [2.45, 2.75) is 19.9 Å². The molecule has 1 atom stereocenters. The summed E-state index contributed by atoms with van der Waals surface area (Å²) in [5.41, 5.74) is 5.46. The summed E-state index contributed by atoms with van der Waals surface area (Å²) in [6.07, 6.45) is 0. The van der Waals surface area contributed by atoms with E-state index in [1.54, 1.807) is 11.3 Å². The van der Waals surface area contributed by atoms with E-state index < -0.39 is 0 Å². The van der Waals surface area contributed by atoms with Crippen molar-refractivity contribution in [2.75, 3.05) is 26.7 Å². The third kappa shape index (κ3) is 4.76. The molecule has 0 radical (unpaired) electrons. The van der Waals surface area contributed by atoms with E-state index in [0.29, 0.717) is 19.0 Å². The second-order valence-corrected chi connectivity index (χ2v) is 5.81. The number of thiophene rings is 1. The zero-order valence-electron chi connectivity index (χ0n) is 11.3. The van der Waals surface area contributed by atoms with E-state index in [2.05, 4.69) is 25.2 Å². The average Bonchev–Trinajstić information content (AvgIpc) is 2.78. The highest BCUT2D eigenvalue weighted by atomic mass is 32.1. The van der Waals surface area contributed by atoms with Crippen LogP contribution in [-0.2, 0) is 4.79 Å². The lowest BCUT2D eigenvalue weighted by atomic mass is 10.0. The van der Waals surface area contributed by atoms with E-state index in [1.807, 2.05) is 23.4 Å². The number of carbonyl (C=O) groups excluding carboxylic acids is 1. The van der Waals surface area contributed by atoms with Crippen LogP contribution in [0.2, 0.25) is 0 Å². The van der Waals surface area contributed by atoms with Gasteiger partial charge < -0.3 is 11.1 Å². The molecule has 1 aromatic heterocycles. The van der Waals surface area contributed by atoms with Crippen LogP contribution in [0.4, 0.5) is 0 Å². The molecule has 1 amide bonds. The SMILES string of the molecule is CC(C)C(NC(=O)CN(C)CCN)c1cccs1. The minimum atomic E-state index is 0.0538. The molecule has 1 rings (SSSR count). The Labute approximate surface area is 113 Å². The molecule has 3 N–H and O–H groups in total. The second kappa shape index (κ2) is 7.51. The normalized spacial score (nSPS) is 13.0. The summed E-state index contributed by atoms with van der Waals surface area (Å²) in [6.45, 7) is 5.94. The maximum absolute atomic E-state index is 11.9. The zero-order chi connectivity index (χ0) is 13.5. The van der Waals surface area contributed by atoms with E-state index >= 15 is 0 Å². The Morgan fingerprint density at radius 1 is 1.56 bits per heavy atom. The van der Waals surface area contributed by atoms with E-state index in [4.69, 9.17) is 5.73 Å². The van der Waals surface area contributed by atoms with Gasteiger partial charge in [-0.3, -0.25) is 9.69 Å². The van der Waals surface area contributed by atoms with Crippen LogP contribution in [-0.4, -0.2) is 37.5 Å². The molecule has 4 nitrogen and oxygen atoms in total. The van der Waals surface area contributed by atoms with E-state index in [-0.39, 0.29) is 11.9 Å². The topological polar surface area (TPSA) is 58.4 Å². The summed E-state index contributed by atoms with van der Waals surface area (Å²) in [5, 5.41) is 5.14. The fourth-order valence-corrected chi connectivity index (χ4v) is 2.75. The van der Waals surface area contributed by atoms with Crippen molar-refractivity contribution in [3.05, 3.63) is 22.4 Å². The Morgan fingerprint density at radius 3 is 2.78 bits per heavy atom. The minimum absolute atomic E-state index is 0.0538. The molecule has 0 aliphatic heterocycles. The first-order valence-corrected chi connectivity index (χ1v) is 7.14. The number of nitrogens with one attached hydrogen (secondary N) is 1. The molecule has 0 saturated carbocycles. The monoisotopic (exact) mass is 269 g/mol. The predicted molar refractivity (Wildman–Crippen MR) is 76.6 cm³/mol. The Kier molecular flexibility index (Phi) is 6.32. The van der Waals surface area contributed by atoms with E-state index in [0.717, 1.165) is 6.54 Å². The largest absolute Gasteiger partial charge is 0.347 e. The molecular formula is C13H23N3OS. The van der Waals surface area contributed by atoms with Crippen LogP contribution in [0.5, 0.6) is 0 Å². The molecular weight excluding hydrogens is 246 g/mol. The third-order valence-electron chi connectivity index (χ3n) is 2.76. The molecule has 18 heavy (non-hydrogen) atoms. The van der Waals surface area contributed by atoms with Crippen molar-refractivity contribution in [1.82, 2.24) is 10.2 Å². The summed E-state index contributed by atoms with van der Waals surface area (Å²) < 4.78 is 0. The Bertz CT molecular complexity index is 351. The van der Waals surface area contributed by atoms with Gasteiger partial charge in [-0.1, -0.05) is 19.9 Å². The van der Waals surface area contributed by atoms with Crippen molar-refractivity contribution in [2.24, 2.45) is 11.7 Å². The van der Waals surface area contributed by atoms with Gasteiger partial charge in [0.15, 0.2) is 0 Å². The molecule has 0 fully saturated rings. The summed E-state index contributed by atoms with van der Waals surface area (Å²) in [5.74, 6) is 0.436. The fourth-order valence-electron chi connectivity index (χ4n) is 1.80. The van der Waals surface area contributed by atoms with Gasteiger partial charge in [0.2, 0.25) is 5.91 Å². The lowest BCUT2D eigenvalue weighted by Crippen LogP contribution is -2.40. The van der Waals surface area contributed by atoms with Crippen LogP contribution in [0.25, 0.3) is 0 Å². The Morgan fingerprint density at radius 2 is 2.28 bits per heavy atom. The van der Waals surface area contributed by atoms with Gasteiger partial charge in [-0.05, 0) is 24.4 Å². The Balaban J connectivity index is 2.54. The highest BCUT2D eigenvalue weighted by Gasteiger charge is 2.19. The first kappa shape index (κ1) is 15.1. The molecule has 0 spiro atoms. The van der Waals surface area contributed by atoms with Crippen LogP contribution >= 0.6 is 11.3 Å². The number of hydrogen-bond acceptors (Lipinski definition) is 4. The van der Waals surface area contributed by atoms with Gasteiger partial charge in [0.1, 0.15) is 0 Å². The van der Waals surface area contributed by atoms with Crippen LogP contribution in [0.1, 0.15) is 24.8 Å². The van der Waals surface area contributed by atoms with Crippen molar-refractivity contribution in [3.8, 4) is 0 Å². The summed E-state index contributed by atoms with van der Waals surface area (Å²) >= 11 is 1.68. The number of carbonyl (C=O) groups is 1. The molecule has 1 heterocycles. The van der Waals surface area contributed by atoms with Gasteiger partial charge in [-0.15, -0.1) is 11.3 Å². The second-order valence-electron chi connectivity index (χ2n) is 4.83. The van der Waals surface area contributed by atoms with Crippen LogP contribution in [0.15, 0.2) is 17.5 Å². The lowest BCUT2D eigenvalue weighted by molar-refractivity contribution is -0.123. The molecule has 5 heteroatoms. The highest BCUT2D eigenvalue weighted by molar-refractivity contribution is 7.10. The number of rotatable bonds is 7. The predicted octanol–water partition coefficient (Wildman–Crippen LogP) is 1.45. The number of hydrogen-bond donors (Lipinski definition) is 2. The maximum Gasteiger partial charge on any atom is 0.234 e. The summed E-state index contributed by atoms with van der Waals surface area (Å²) in [6, 6.07) is 4.19. The lowest BCUT2D eigenvalue weighted by Gasteiger charge is -2.23. The van der Waals surface area contributed by atoms with Crippen molar-refractivity contribution >= 4 is 17.2 Å². The highest BCUT2D eigenvalue weighted by Crippen LogP contribution is 2.25. The molecule has 0 saturated heterocycles. The third-order valence-corrected chi connectivity index (χ3v) is 3.71.